The van der Waals surface area contributed by atoms with E-state index < -0.39 is 0 Å². The second-order valence-corrected chi connectivity index (χ2v) is 4.99. The monoisotopic (exact) mass is 232 g/mol. The molecule has 1 fully saturated rings. The summed E-state index contributed by atoms with van der Waals surface area (Å²) < 4.78 is 0. The van der Waals surface area contributed by atoms with Gasteiger partial charge in [-0.2, -0.15) is 0 Å². The summed E-state index contributed by atoms with van der Waals surface area (Å²) in [6.45, 7) is 6.84. The molecule has 0 spiro atoms. The molecule has 1 aromatic carbocycles. The molecule has 0 atom stereocenters. The molecule has 2 rings (SSSR count). The van der Waals surface area contributed by atoms with Crippen LogP contribution in [0.4, 0.5) is 0 Å². The van der Waals surface area contributed by atoms with Gasteiger partial charge in [-0.05, 0) is 31.4 Å². The van der Waals surface area contributed by atoms with Crippen LogP contribution in [0.15, 0.2) is 30.3 Å². The Morgan fingerprint density at radius 3 is 2.59 bits per heavy atom. The van der Waals surface area contributed by atoms with Crippen molar-refractivity contribution in [3.63, 3.8) is 0 Å². The number of nitrogens with one attached hydrogen (secondary N) is 1. The van der Waals surface area contributed by atoms with E-state index in [4.69, 9.17) is 0 Å². The predicted molar refractivity (Wildman–Crippen MR) is 73.0 cm³/mol. The van der Waals surface area contributed by atoms with Gasteiger partial charge in [-0.15, -0.1) is 0 Å². The summed E-state index contributed by atoms with van der Waals surface area (Å²) in [6.07, 6.45) is 4.00. The van der Waals surface area contributed by atoms with Crippen molar-refractivity contribution in [1.82, 2.24) is 10.2 Å². The van der Waals surface area contributed by atoms with E-state index in [9.17, 15) is 0 Å². The molecule has 0 amide bonds. The van der Waals surface area contributed by atoms with Crippen molar-refractivity contribution in [3.05, 3.63) is 35.9 Å². The van der Waals surface area contributed by atoms with Gasteiger partial charge in [0.15, 0.2) is 0 Å². The molecule has 2 heteroatoms. The highest BCUT2D eigenvalue weighted by molar-refractivity contribution is 5.14. The Labute approximate surface area is 105 Å². The molecule has 0 heterocycles. The van der Waals surface area contributed by atoms with Crippen molar-refractivity contribution in [2.45, 2.75) is 38.8 Å². The molecule has 17 heavy (non-hydrogen) atoms. The third-order valence-corrected chi connectivity index (χ3v) is 3.23. The molecule has 1 N–H and O–H groups in total. The molecule has 1 saturated carbocycles. The van der Waals surface area contributed by atoms with Gasteiger partial charge in [0.2, 0.25) is 0 Å². The molecule has 1 aliphatic rings. The predicted octanol–water partition coefficient (Wildman–Crippen LogP) is 2.65. The first-order chi connectivity index (χ1) is 8.38. The first-order valence-electron chi connectivity index (χ1n) is 6.88. The van der Waals surface area contributed by atoms with E-state index in [0.29, 0.717) is 0 Å². The smallest absolute Gasteiger partial charge is 0.0234 e. The van der Waals surface area contributed by atoms with E-state index in [0.717, 1.165) is 19.1 Å². The Kier molecular flexibility index (Phi) is 5.02. The Hall–Kier alpha value is -0.860. The SMILES string of the molecule is CCCN(CCNC1CC1)Cc1ccccc1. The van der Waals surface area contributed by atoms with E-state index in [1.54, 1.807) is 0 Å². The van der Waals surface area contributed by atoms with Gasteiger partial charge in [0.05, 0.1) is 0 Å². The lowest BCUT2D eigenvalue weighted by Crippen LogP contribution is -2.33. The maximum atomic E-state index is 3.59. The third-order valence-electron chi connectivity index (χ3n) is 3.23. The zero-order valence-electron chi connectivity index (χ0n) is 10.9. The van der Waals surface area contributed by atoms with E-state index in [-0.39, 0.29) is 0 Å². The summed E-state index contributed by atoms with van der Waals surface area (Å²) in [4.78, 5) is 2.55. The van der Waals surface area contributed by atoms with Crippen LogP contribution in [0, 0.1) is 0 Å². The van der Waals surface area contributed by atoms with Gasteiger partial charge >= 0.3 is 0 Å². The van der Waals surface area contributed by atoms with E-state index in [1.807, 2.05) is 0 Å². The fourth-order valence-corrected chi connectivity index (χ4v) is 2.14. The summed E-state index contributed by atoms with van der Waals surface area (Å²) >= 11 is 0. The van der Waals surface area contributed by atoms with Crippen molar-refractivity contribution in [3.8, 4) is 0 Å². The topological polar surface area (TPSA) is 15.3 Å². The highest BCUT2D eigenvalue weighted by Crippen LogP contribution is 2.18. The van der Waals surface area contributed by atoms with Crippen LogP contribution in [-0.2, 0) is 6.54 Å². The second kappa shape index (κ2) is 6.77. The molecule has 2 nitrogen and oxygen atoms in total. The first kappa shape index (κ1) is 12.6. The maximum absolute atomic E-state index is 3.59. The highest BCUT2D eigenvalue weighted by Gasteiger charge is 2.19. The van der Waals surface area contributed by atoms with Gasteiger partial charge in [-0.25, -0.2) is 0 Å². The zero-order valence-corrected chi connectivity index (χ0v) is 10.9. The summed E-state index contributed by atoms with van der Waals surface area (Å²) in [5.74, 6) is 0. The van der Waals surface area contributed by atoms with Gasteiger partial charge in [0.25, 0.3) is 0 Å². The molecule has 1 aliphatic carbocycles. The Balaban J connectivity index is 1.74. The van der Waals surface area contributed by atoms with Crippen molar-refractivity contribution >= 4 is 0 Å². The summed E-state index contributed by atoms with van der Waals surface area (Å²) in [7, 11) is 0. The zero-order chi connectivity index (χ0) is 11.9. The van der Waals surface area contributed by atoms with Crippen LogP contribution in [0.1, 0.15) is 31.7 Å². The van der Waals surface area contributed by atoms with Crippen molar-refractivity contribution in [2.75, 3.05) is 19.6 Å². The van der Waals surface area contributed by atoms with Crippen LogP contribution in [0.25, 0.3) is 0 Å². The summed E-state index contributed by atoms with van der Waals surface area (Å²) in [5, 5.41) is 3.59. The number of nitrogens with zero attached hydrogens (tertiary/aromatic N) is 1. The van der Waals surface area contributed by atoms with E-state index in [2.05, 4.69) is 47.5 Å². The van der Waals surface area contributed by atoms with E-state index in [1.165, 1.54) is 37.9 Å². The number of hydrogen-bond acceptors (Lipinski definition) is 2. The molecule has 0 saturated heterocycles. The van der Waals surface area contributed by atoms with Gasteiger partial charge < -0.3 is 5.32 Å². The van der Waals surface area contributed by atoms with Gasteiger partial charge in [-0.1, -0.05) is 37.3 Å². The standard InChI is InChI=1S/C15H24N2/c1-2-11-17(12-10-16-15-8-9-15)13-14-6-4-3-5-7-14/h3-7,15-16H,2,8-13H2,1H3. The molecule has 0 aliphatic heterocycles. The van der Waals surface area contributed by atoms with Crippen LogP contribution in [0.2, 0.25) is 0 Å². The first-order valence-corrected chi connectivity index (χ1v) is 6.88. The van der Waals surface area contributed by atoms with Crippen LogP contribution >= 0.6 is 0 Å². The summed E-state index contributed by atoms with van der Waals surface area (Å²) in [6, 6.07) is 11.6. The number of benzene rings is 1. The minimum atomic E-state index is 0.829. The van der Waals surface area contributed by atoms with E-state index >= 15 is 0 Å². The highest BCUT2D eigenvalue weighted by atomic mass is 15.1. The van der Waals surface area contributed by atoms with Crippen LogP contribution < -0.4 is 5.32 Å². The molecule has 0 unspecified atom stereocenters. The average Bonchev–Trinajstić information content (AvgIpc) is 3.15. The number of rotatable bonds is 8. The van der Waals surface area contributed by atoms with Crippen LogP contribution in [0.3, 0.4) is 0 Å². The molecular formula is C15H24N2. The van der Waals surface area contributed by atoms with Crippen LogP contribution in [-0.4, -0.2) is 30.6 Å². The minimum absolute atomic E-state index is 0.829. The fraction of sp³-hybridized carbons (Fsp3) is 0.600. The molecule has 1 aromatic rings. The van der Waals surface area contributed by atoms with Crippen molar-refractivity contribution in [1.29, 1.82) is 0 Å². The lowest BCUT2D eigenvalue weighted by Gasteiger charge is -2.22. The molecule has 0 bridgehead atoms. The van der Waals surface area contributed by atoms with Crippen molar-refractivity contribution < 1.29 is 0 Å². The largest absolute Gasteiger partial charge is 0.313 e. The molecule has 0 aromatic heterocycles. The molecular weight excluding hydrogens is 208 g/mol. The summed E-state index contributed by atoms with van der Waals surface area (Å²) in [5.41, 5.74) is 1.42. The third kappa shape index (κ3) is 4.88. The normalized spacial score (nSPS) is 15.4. The van der Waals surface area contributed by atoms with Gasteiger partial charge in [0.1, 0.15) is 0 Å². The van der Waals surface area contributed by atoms with Crippen LogP contribution in [0.5, 0.6) is 0 Å². The Morgan fingerprint density at radius 2 is 1.94 bits per heavy atom. The number of hydrogen-bond donors (Lipinski definition) is 1. The minimum Gasteiger partial charge on any atom is -0.313 e. The Bertz CT molecular complexity index is 306. The van der Waals surface area contributed by atoms with Gasteiger partial charge in [0, 0.05) is 25.7 Å². The second-order valence-electron chi connectivity index (χ2n) is 4.99. The van der Waals surface area contributed by atoms with Gasteiger partial charge in [-0.3, -0.25) is 4.90 Å². The maximum Gasteiger partial charge on any atom is 0.0234 e. The Morgan fingerprint density at radius 1 is 1.18 bits per heavy atom. The lowest BCUT2D eigenvalue weighted by molar-refractivity contribution is 0.265. The average molecular weight is 232 g/mol. The lowest BCUT2D eigenvalue weighted by atomic mass is 10.2. The molecule has 94 valence electrons. The van der Waals surface area contributed by atoms with Crippen molar-refractivity contribution in [2.24, 2.45) is 0 Å². The fourth-order valence-electron chi connectivity index (χ4n) is 2.14. The quantitative estimate of drug-likeness (QED) is 0.741. The molecule has 0 radical (unpaired) electrons.